The smallest absolute Gasteiger partial charge is 0.212 e. The average molecular weight is 225 g/mol. The third kappa shape index (κ3) is 1.54. The molecule has 4 heteroatoms. The van der Waals surface area contributed by atoms with E-state index in [1.165, 1.54) is 0 Å². The van der Waals surface area contributed by atoms with E-state index in [1.807, 2.05) is 41.8 Å². The quantitative estimate of drug-likeness (QED) is 0.692. The van der Waals surface area contributed by atoms with Gasteiger partial charge in [-0.3, -0.25) is 4.57 Å². The third-order valence-electron chi connectivity index (χ3n) is 2.67. The molecule has 4 nitrogen and oxygen atoms in total. The summed E-state index contributed by atoms with van der Waals surface area (Å²) in [5.74, 6) is 0.860. The van der Waals surface area contributed by atoms with Gasteiger partial charge in [-0.1, -0.05) is 18.2 Å². The third-order valence-corrected chi connectivity index (χ3v) is 2.67. The molecule has 3 rings (SSSR count). The second-order valence-electron chi connectivity index (χ2n) is 3.84. The first-order valence-electron chi connectivity index (χ1n) is 5.36. The summed E-state index contributed by atoms with van der Waals surface area (Å²) < 4.78 is 1.93. The van der Waals surface area contributed by atoms with Gasteiger partial charge in [0.2, 0.25) is 5.88 Å². The van der Waals surface area contributed by atoms with Crippen molar-refractivity contribution >= 4 is 11.2 Å². The molecule has 0 amide bonds. The van der Waals surface area contributed by atoms with E-state index < -0.39 is 0 Å². The van der Waals surface area contributed by atoms with Crippen LogP contribution in [0.5, 0.6) is 5.88 Å². The summed E-state index contributed by atoms with van der Waals surface area (Å²) in [6, 6.07) is 13.2. The van der Waals surface area contributed by atoms with Crippen molar-refractivity contribution in [3.05, 3.63) is 48.3 Å². The Balaban J connectivity index is 2.35. The van der Waals surface area contributed by atoms with Crippen LogP contribution in [0.4, 0.5) is 0 Å². The van der Waals surface area contributed by atoms with Crippen molar-refractivity contribution in [3.63, 3.8) is 0 Å². The number of benzene rings is 1. The maximum absolute atomic E-state index is 9.46. The summed E-state index contributed by atoms with van der Waals surface area (Å²) in [6.45, 7) is 1.92. The number of imidazole rings is 1. The van der Waals surface area contributed by atoms with E-state index in [0.29, 0.717) is 5.65 Å². The van der Waals surface area contributed by atoms with Gasteiger partial charge in [-0.05, 0) is 25.1 Å². The summed E-state index contributed by atoms with van der Waals surface area (Å²) in [4.78, 5) is 8.55. The molecule has 84 valence electrons. The van der Waals surface area contributed by atoms with Crippen LogP contribution >= 0.6 is 0 Å². The largest absolute Gasteiger partial charge is 0.493 e. The zero-order chi connectivity index (χ0) is 11.8. The van der Waals surface area contributed by atoms with Gasteiger partial charge in [-0.25, -0.2) is 4.98 Å². The SMILES string of the molecule is Cc1nc2ccc(O)nc2n1-c1ccccc1. The van der Waals surface area contributed by atoms with E-state index in [2.05, 4.69) is 9.97 Å². The summed E-state index contributed by atoms with van der Waals surface area (Å²) in [6.07, 6.45) is 0. The molecular weight excluding hydrogens is 214 g/mol. The number of rotatable bonds is 1. The molecule has 0 spiro atoms. The standard InChI is InChI=1S/C13H11N3O/c1-9-14-11-7-8-12(17)15-13(11)16(9)10-5-3-2-4-6-10/h2-8H,1H3,(H,15,17). The number of nitrogens with zero attached hydrogens (tertiary/aromatic N) is 3. The van der Waals surface area contributed by atoms with Gasteiger partial charge in [0.05, 0.1) is 0 Å². The molecule has 0 saturated heterocycles. The average Bonchev–Trinajstić information content (AvgIpc) is 2.65. The first kappa shape index (κ1) is 9.84. The molecule has 0 fully saturated rings. The lowest BCUT2D eigenvalue weighted by atomic mass is 10.3. The number of para-hydroxylation sites is 1. The Kier molecular flexibility index (Phi) is 2.08. The van der Waals surface area contributed by atoms with Crippen molar-refractivity contribution in [2.75, 3.05) is 0 Å². The van der Waals surface area contributed by atoms with Gasteiger partial charge in [-0.2, -0.15) is 4.98 Å². The maximum Gasteiger partial charge on any atom is 0.212 e. The van der Waals surface area contributed by atoms with Gasteiger partial charge in [0, 0.05) is 11.8 Å². The number of aromatic hydroxyl groups is 1. The first-order chi connectivity index (χ1) is 8.25. The summed E-state index contributed by atoms with van der Waals surface area (Å²) in [7, 11) is 0. The Morgan fingerprint density at radius 3 is 2.53 bits per heavy atom. The second-order valence-corrected chi connectivity index (χ2v) is 3.84. The van der Waals surface area contributed by atoms with E-state index in [1.54, 1.807) is 12.1 Å². The van der Waals surface area contributed by atoms with Crippen LogP contribution in [0.1, 0.15) is 5.82 Å². The highest BCUT2D eigenvalue weighted by Crippen LogP contribution is 2.21. The first-order valence-corrected chi connectivity index (χ1v) is 5.36. The minimum Gasteiger partial charge on any atom is -0.493 e. The molecule has 0 unspecified atom stereocenters. The van der Waals surface area contributed by atoms with Gasteiger partial charge in [0.15, 0.2) is 5.65 Å². The highest BCUT2D eigenvalue weighted by Gasteiger charge is 2.10. The Hall–Kier alpha value is -2.36. The fourth-order valence-electron chi connectivity index (χ4n) is 1.95. The van der Waals surface area contributed by atoms with E-state index in [-0.39, 0.29) is 5.88 Å². The number of hydrogen-bond acceptors (Lipinski definition) is 3. The minimum atomic E-state index is 0.00887. The van der Waals surface area contributed by atoms with Gasteiger partial charge in [0.1, 0.15) is 11.3 Å². The molecule has 0 aliphatic heterocycles. The summed E-state index contributed by atoms with van der Waals surface area (Å²) >= 11 is 0. The molecule has 1 N–H and O–H groups in total. The van der Waals surface area contributed by atoms with E-state index in [4.69, 9.17) is 0 Å². The lowest BCUT2D eigenvalue weighted by Gasteiger charge is -2.05. The van der Waals surface area contributed by atoms with Gasteiger partial charge < -0.3 is 5.11 Å². The van der Waals surface area contributed by atoms with Crippen LogP contribution in [0.2, 0.25) is 0 Å². The van der Waals surface area contributed by atoms with Crippen LogP contribution in [0, 0.1) is 6.92 Å². The molecule has 2 aromatic heterocycles. The monoisotopic (exact) mass is 225 g/mol. The number of pyridine rings is 1. The molecule has 3 aromatic rings. The fraction of sp³-hybridized carbons (Fsp3) is 0.0769. The van der Waals surface area contributed by atoms with Crippen LogP contribution < -0.4 is 0 Å². The Bertz CT molecular complexity index is 674. The Morgan fingerprint density at radius 2 is 1.76 bits per heavy atom. The zero-order valence-corrected chi connectivity index (χ0v) is 9.33. The molecule has 0 bridgehead atoms. The lowest BCUT2D eigenvalue weighted by molar-refractivity contribution is 0.455. The molecule has 1 aromatic carbocycles. The predicted octanol–water partition coefficient (Wildman–Crippen LogP) is 2.43. The highest BCUT2D eigenvalue weighted by atomic mass is 16.3. The molecule has 2 heterocycles. The van der Waals surface area contributed by atoms with Crippen molar-refractivity contribution in [1.29, 1.82) is 0 Å². The predicted molar refractivity (Wildman–Crippen MR) is 65.3 cm³/mol. The minimum absolute atomic E-state index is 0.00887. The molecule has 0 aliphatic rings. The second kappa shape index (κ2) is 3.59. The van der Waals surface area contributed by atoms with Crippen molar-refractivity contribution in [2.45, 2.75) is 6.92 Å². The Morgan fingerprint density at radius 1 is 1.00 bits per heavy atom. The normalized spacial score (nSPS) is 10.9. The molecule has 0 radical (unpaired) electrons. The van der Waals surface area contributed by atoms with Crippen LogP contribution in [0.15, 0.2) is 42.5 Å². The maximum atomic E-state index is 9.46. The number of fused-ring (bicyclic) bond motifs is 1. The van der Waals surface area contributed by atoms with E-state index in [9.17, 15) is 5.11 Å². The number of aryl methyl sites for hydroxylation is 1. The van der Waals surface area contributed by atoms with E-state index >= 15 is 0 Å². The lowest BCUT2D eigenvalue weighted by Crippen LogP contribution is -1.97. The van der Waals surface area contributed by atoms with Crippen LogP contribution in [-0.2, 0) is 0 Å². The van der Waals surface area contributed by atoms with Crippen LogP contribution in [0.3, 0.4) is 0 Å². The number of hydrogen-bond donors (Lipinski definition) is 1. The van der Waals surface area contributed by atoms with Crippen LogP contribution in [-0.4, -0.2) is 19.6 Å². The molecule has 17 heavy (non-hydrogen) atoms. The van der Waals surface area contributed by atoms with E-state index in [0.717, 1.165) is 17.0 Å². The number of aromatic nitrogens is 3. The molecule has 0 aliphatic carbocycles. The fourth-order valence-corrected chi connectivity index (χ4v) is 1.95. The van der Waals surface area contributed by atoms with Gasteiger partial charge in [0.25, 0.3) is 0 Å². The van der Waals surface area contributed by atoms with Gasteiger partial charge >= 0.3 is 0 Å². The molecular formula is C13H11N3O. The van der Waals surface area contributed by atoms with Crippen molar-refractivity contribution in [2.24, 2.45) is 0 Å². The summed E-state index contributed by atoms with van der Waals surface area (Å²) in [5, 5.41) is 9.46. The zero-order valence-electron chi connectivity index (χ0n) is 9.33. The molecule has 0 saturated carbocycles. The van der Waals surface area contributed by atoms with Crippen molar-refractivity contribution < 1.29 is 5.11 Å². The molecule has 0 atom stereocenters. The summed E-state index contributed by atoms with van der Waals surface area (Å²) in [5.41, 5.74) is 2.45. The van der Waals surface area contributed by atoms with Gasteiger partial charge in [-0.15, -0.1) is 0 Å². The topological polar surface area (TPSA) is 50.9 Å². The highest BCUT2D eigenvalue weighted by molar-refractivity contribution is 5.74. The van der Waals surface area contributed by atoms with Crippen molar-refractivity contribution in [1.82, 2.24) is 14.5 Å². The van der Waals surface area contributed by atoms with Crippen molar-refractivity contribution in [3.8, 4) is 11.6 Å². The van der Waals surface area contributed by atoms with Crippen LogP contribution in [0.25, 0.3) is 16.9 Å². The Labute approximate surface area is 98.2 Å².